The van der Waals surface area contributed by atoms with E-state index in [0.717, 1.165) is 0 Å². The summed E-state index contributed by atoms with van der Waals surface area (Å²) in [6.45, 7) is 1.24. The number of nitriles is 1. The predicted octanol–water partition coefficient (Wildman–Crippen LogP) is 0.504. The Balaban J connectivity index is 2.92. The molecule has 18 heavy (non-hydrogen) atoms. The molecule has 0 aliphatic heterocycles. The van der Waals surface area contributed by atoms with Gasteiger partial charge in [-0.3, -0.25) is 4.79 Å². The second-order valence-electron chi connectivity index (χ2n) is 3.66. The molecule has 0 spiro atoms. The average Bonchev–Trinajstić information content (AvgIpc) is 2.29. The fourth-order valence-corrected chi connectivity index (χ4v) is 2.43. The number of rotatable bonds is 5. The summed E-state index contributed by atoms with van der Waals surface area (Å²) in [5.41, 5.74) is 0.697. The molecule has 0 fully saturated rings. The first kappa shape index (κ1) is 14.2. The second kappa shape index (κ2) is 5.62. The van der Waals surface area contributed by atoms with E-state index in [9.17, 15) is 13.2 Å². The van der Waals surface area contributed by atoms with Gasteiger partial charge < -0.3 is 5.11 Å². The number of sulfonamides is 1. The maximum absolute atomic E-state index is 11.8. The Morgan fingerprint density at radius 1 is 1.44 bits per heavy atom. The topological polar surface area (TPSA) is 107 Å². The summed E-state index contributed by atoms with van der Waals surface area (Å²) >= 11 is 0. The number of benzene rings is 1. The Hall–Kier alpha value is -1.91. The van der Waals surface area contributed by atoms with Crippen molar-refractivity contribution in [1.82, 2.24) is 4.72 Å². The van der Waals surface area contributed by atoms with Crippen molar-refractivity contribution in [1.29, 1.82) is 5.26 Å². The molecule has 0 bridgehead atoms. The first-order chi connectivity index (χ1) is 8.36. The van der Waals surface area contributed by atoms with Gasteiger partial charge in [-0.05, 0) is 24.6 Å². The van der Waals surface area contributed by atoms with Gasteiger partial charge in [0.15, 0.2) is 0 Å². The van der Waals surface area contributed by atoms with Crippen molar-refractivity contribution in [2.24, 2.45) is 0 Å². The molecule has 1 aromatic carbocycles. The summed E-state index contributed by atoms with van der Waals surface area (Å²) in [7, 11) is -3.85. The molecule has 0 heterocycles. The first-order valence-electron chi connectivity index (χ1n) is 5.08. The largest absolute Gasteiger partial charge is 0.480 e. The lowest BCUT2D eigenvalue weighted by atomic mass is 10.2. The fourth-order valence-electron chi connectivity index (χ4n) is 1.23. The monoisotopic (exact) mass is 268 g/mol. The Morgan fingerprint density at radius 2 is 2.00 bits per heavy atom. The van der Waals surface area contributed by atoms with Crippen molar-refractivity contribution in [3.63, 3.8) is 0 Å². The molecule has 0 saturated carbocycles. The van der Waals surface area contributed by atoms with Crippen LogP contribution in [0.1, 0.15) is 12.5 Å². The molecule has 0 aliphatic rings. The molecule has 96 valence electrons. The fraction of sp³-hybridized carbons (Fsp3) is 0.273. The maximum atomic E-state index is 11.8. The highest BCUT2D eigenvalue weighted by atomic mass is 32.2. The van der Waals surface area contributed by atoms with Crippen LogP contribution in [0.2, 0.25) is 0 Å². The number of hydrogen-bond donors (Lipinski definition) is 2. The Kier molecular flexibility index (Phi) is 4.42. The molecular weight excluding hydrogens is 256 g/mol. The van der Waals surface area contributed by atoms with Crippen LogP contribution in [0.25, 0.3) is 0 Å². The van der Waals surface area contributed by atoms with Crippen LogP contribution >= 0.6 is 0 Å². The van der Waals surface area contributed by atoms with E-state index in [-0.39, 0.29) is 11.3 Å². The third-order valence-corrected chi connectivity index (χ3v) is 3.78. The van der Waals surface area contributed by atoms with Gasteiger partial charge in [-0.2, -0.15) is 9.98 Å². The van der Waals surface area contributed by atoms with Gasteiger partial charge in [0.2, 0.25) is 10.0 Å². The Bertz CT molecular complexity index is 572. The van der Waals surface area contributed by atoms with Crippen molar-refractivity contribution < 1.29 is 18.3 Å². The lowest BCUT2D eigenvalue weighted by Crippen LogP contribution is -2.38. The molecule has 0 saturated heterocycles. The molecule has 1 atom stereocenters. The van der Waals surface area contributed by atoms with Crippen molar-refractivity contribution in [2.45, 2.75) is 24.3 Å². The van der Waals surface area contributed by atoms with E-state index in [1.54, 1.807) is 0 Å². The highest BCUT2D eigenvalue weighted by molar-refractivity contribution is 7.89. The molecular formula is C11H12N2O4S. The zero-order valence-corrected chi connectivity index (χ0v) is 10.4. The van der Waals surface area contributed by atoms with Crippen LogP contribution in [0.4, 0.5) is 0 Å². The zero-order chi connectivity index (χ0) is 13.8. The lowest BCUT2D eigenvalue weighted by Gasteiger charge is -2.10. The van der Waals surface area contributed by atoms with Crippen LogP contribution in [0.15, 0.2) is 29.2 Å². The third kappa shape index (κ3) is 3.55. The number of nitrogens with zero attached hydrogens (tertiary/aromatic N) is 1. The first-order valence-corrected chi connectivity index (χ1v) is 6.56. The Morgan fingerprint density at radius 3 is 2.44 bits per heavy atom. The molecule has 0 aromatic heterocycles. The zero-order valence-electron chi connectivity index (χ0n) is 9.62. The summed E-state index contributed by atoms with van der Waals surface area (Å²) in [5, 5.41) is 17.1. The van der Waals surface area contributed by atoms with Crippen molar-refractivity contribution >= 4 is 16.0 Å². The van der Waals surface area contributed by atoms with Gasteiger partial charge in [-0.1, -0.05) is 12.1 Å². The highest BCUT2D eigenvalue weighted by Gasteiger charge is 2.21. The molecule has 2 N–H and O–H groups in total. The van der Waals surface area contributed by atoms with Gasteiger partial charge >= 0.3 is 5.97 Å². The van der Waals surface area contributed by atoms with E-state index in [0.29, 0.717) is 5.56 Å². The highest BCUT2D eigenvalue weighted by Crippen LogP contribution is 2.11. The molecule has 0 unspecified atom stereocenters. The smallest absolute Gasteiger partial charge is 0.321 e. The van der Waals surface area contributed by atoms with Crippen molar-refractivity contribution in [3.05, 3.63) is 29.8 Å². The molecule has 0 amide bonds. The minimum Gasteiger partial charge on any atom is -0.480 e. The number of carboxylic acids is 1. The Labute approximate surface area is 105 Å². The van der Waals surface area contributed by atoms with E-state index in [4.69, 9.17) is 10.4 Å². The van der Waals surface area contributed by atoms with Crippen LogP contribution in [0, 0.1) is 11.3 Å². The summed E-state index contributed by atoms with van der Waals surface area (Å²) in [5.74, 6) is -1.25. The van der Waals surface area contributed by atoms with E-state index in [1.807, 2.05) is 10.8 Å². The number of nitrogens with one attached hydrogen (secondary N) is 1. The lowest BCUT2D eigenvalue weighted by molar-refractivity contribution is -0.138. The van der Waals surface area contributed by atoms with E-state index in [2.05, 4.69) is 0 Å². The van der Waals surface area contributed by atoms with Crippen molar-refractivity contribution in [3.8, 4) is 6.07 Å². The second-order valence-corrected chi connectivity index (χ2v) is 5.37. The third-order valence-electron chi connectivity index (χ3n) is 2.22. The van der Waals surface area contributed by atoms with Gasteiger partial charge in [-0.15, -0.1) is 0 Å². The summed E-state index contributed by atoms with van der Waals surface area (Å²) in [4.78, 5) is 10.6. The van der Waals surface area contributed by atoms with Crippen LogP contribution < -0.4 is 4.72 Å². The van der Waals surface area contributed by atoms with Gasteiger partial charge in [-0.25, -0.2) is 8.42 Å². The van der Waals surface area contributed by atoms with Gasteiger partial charge in [0.05, 0.1) is 17.4 Å². The number of aliphatic carboxylic acids is 1. The minimum atomic E-state index is -3.85. The van der Waals surface area contributed by atoms with Crippen LogP contribution in [-0.4, -0.2) is 25.5 Å². The van der Waals surface area contributed by atoms with Gasteiger partial charge in [0.1, 0.15) is 6.04 Å². The maximum Gasteiger partial charge on any atom is 0.321 e. The molecule has 0 radical (unpaired) electrons. The average molecular weight is 268 g/mol. The normalized spacial score (nSPS) is 12.7. The number of hydrogen-bond acceptors (Lipinski definition) is 4. The van der Waals surface area contributed by atoms with Gasteiger partial charge in [0.25, 0.3) is 0 Å². The summed E-state index contributed by atoms with van der Waals surface area (Å²) in [6.07, 6.45) is 0.194. The van der Waals surface area contributed by atoms with Crippen LogP contribution in [0.5, 0.6) is 0 Å². The standard InChI is InChI=1S/C11H12N2O4S/c1-8(11(14)15)13-18(16,17)10-4-2-9(3-5-10)6-7-12/h2-5,8,13H,6H2,1H3,(H,14,15)/t8-/m0/s1. The number of carbonyl (C=O) groups is 1. The van der Waals surface area contributed by atoms with E-state index >= 15 is 0 Å². The molecule has 1 rings (SSSR count). The minimum absolute atomic E-state index is 0.0303. The van der Waals surface area contributed by atoms with Crippen LogP contribution in [-0.2, 0) is 21.2 Å². The summed E-state index contributed by atoms with van der Waals surface area (Å²) in [6, 6.07) is 6.45. The van der Waals surface area contributed by atoms with Crippen molar-refractivity contribution in [2.75, 3.05) is 0 Å². The number of carboxylic acid groups (broad SMARTS) is 1. The van der Waals surface area contributed by atoms with Gasteiger partial charge in [0, 0.05) is 0 Å². The summed E-state index contributed by atoms with van der Waals surface area (Å²) < 4.78 is 25.6. The molecule has 7 heteroatoms. The quantitative estimate of drug-likeness (QED) is 0.808. The molecule has 1 aromatic rings. The molecule has 6 nitrogen and oxygen atoms in total. The predicted molar refractivity (Wildman–Crippen MR) is 63.2 cm³/mol. The van der Waals surface area contributed by atoms with Crippen LogP contribution in [0.3, 0.4) is 0 Å². The molecule has 0 aliphatic carbocycles. The SMILES string of the molecule is C[C@H](NS(=O)(=O)c1ccc(CC#N)cc1)C(=O)O. The van der Waals surface area contributed by atoms with E-state index < -0.39 is 22.0 Å². The van der Waals surface area contributed by atoms with E-state index in [1.165, 1.54) is 31.2 Å².